The Hall–Kier alpha value is -2.24. The highest BCUT2D eigenvalue weighted by Gasteiger charge is 2.40. The van der Waals surface area contributed by atoms with E-state index in [1.54, 1.807) is 28.8 Å². The average molecular weight is 316 g/mol. The standard InChI is InChI=1S/C17H24N4O2/c1-19(2)17(23)21-10-8-20(9-11-21)16(22)18-15-12-14(15)13-6-4-3-5-7-13/h3-7,14-15H,8-12H2,1-2H3,(H,18,22). The Morgan fingerprint density at radius 2 is 1.65 bits per heavy atom. The lowest BCUT2D eigenvalue weighted by molar-refractivity contribution is 0.128. The van der Waals surface area contributed by atoms with Crippen LogP contribution in [0.25, 0.3) is 0 Å². The summed E-state index contributed by atoms with van der Waals surface area (Å²) in [7, 11) is 3.50. The van der Waals surface area contributed by atoms with Crippen molar-refractivity contribution < 1.29 is 9.59 Å². The van der Waals surface area contributed by atoms with Gasteiger partial charge in [0.05, 0.1) is 0 Å². The summed E-state index contributed by atoms with van der Waals surface area (Å²) in [6.45, 7) is 2.37. The molecule has 23 heavy (non-hydrogen) atoms. The molecule has 0 aromatic heterocycles. The number of amides is 4. The molecule has 2 fully saturated rings. The van der Waals surface area contributed by atoms with Gasteiger partial charge in [-0.15, -0.1) is 0 Å². The van der Waals surface area contributed by atoms with Crippen LogP contribution >= 0.6 is 0 Å². The number of benzene rings is 1. The lowest BCUT2D eigenvalue weighted by Gasteiger charge is -2.35. The second-order valence-corrected chi connectivity index (χ2v) is 6.46. The third-order valence-electron chi connectivity index (χ3n) is 4.55. The molecule has 0 spiro atoms. The Labute approximate surface area is 137 Å². The molecule has 2 unspecified atom stereocenters. The van der Waals surface area contributed by atoms with Gasteiger partial charge in [-0.25, -0.2) is 9.59 Å². The quantitative estimate of drug-likeness (QED) is 0.900. The molecule has 4 amide bonds. The van der Waals surface area contributed by atoms with Gasteiger partial charge in [0.15, 0.2) is 0 Å². The lowest BCUT2D eigenvalue weighted by atomic mass is 10.1. The summed E-state index contributed by atoms with van der Waals surface area (Å²) in [5.41, 5.74) is 1.29. The van der Waals surface area contributed by atoms with E-state index in [0.717, 1.165) is 6.42 Å². The predicted octanol–water partition coefficient (Wildman–Crippen LogP) is 1.55. The van der Waals surface area contributed by atoms with Gasteiger partial charge in [-0.3, -0.25) is 0 Å². The summed E-state index contributed by atoms with van der Waals surface area (Å²) in [6.07, 6.45) is 1.01. The Kier molecular flexibility index (Phi) is 4.41. The van der Waals surface area contributed by atoms with Crippen molar-refractivity contribution >= 4 is 12.1 Å². The van der Waals surface area contributed by atoms with E-state index in [1.807, 2.05) is 18.2 Å². The summed E-state index contributed by atoms with van der Waals surface area (Å²) in [4.78, 5) is 29.4. The summed E-state index contributed by atoms with van der Waals surface area (Å²) in [6, 6.07) is 10.5. The van der Waals surface area contributed by atoms with Crippen molar-refractivity contribution in [1.82, 2.24) is 20.0 Å². The molecule has 6 heteroatoms. The van der Waals surface area contributed by atoms with Gasteiger partial charge in [0.2, 0.25) is 0 Å². The van der Waals surface area contributed by atoms with Gasteiger partial charge < -0.3 is 20.0 Å². The zero-order valence-electron chi connectivity index (χ0n) is 13.7. The SMILES string of the molecule is CN(C)C(=O)N1CCN(C(=O)NC2CC2c2ccccc2)CC1. The minimum Gasteiger partial charge on any atom is -0.335 e. The second kappa shape index (κ2) is 6.48. The second-order valence-electron chi connectivity index (χ2n) is 6.46. The van der Waals surface area contributed by atoms with Crippen molar-refractivity contribution in [3.05, 3.63) is 35.9 Å². The van der Waals surface area contributed by atoms with Gasteiger partial charge in [0, 0.05) is 52.2 Å². The summed E-state index contributed by atoms with van der Waals surface area (Å²) in [5, 5.41) is 3.11. The number of nitrogens with one attached hydrogen (secondary N) is 1. The molecule has 1 aromatic rings. The van der Waals surface area contributed by atoms with E-state index in [2.05, 4.69) is 17.4 Å². The largest absolute Gasteiger partial charge is 0.335 e. The van der Waals surface area contributed by atoms with Crippen molar-refractivity contribution in [2.45, 2.75) is 18.4 Å². The van der Waals surface area contributed by atoms with E-state index < -0.39 is 0 Å². The molecule has 6 nitrogen and oxygen atoms in total. The summed E-state index contributed by atoms with van der Waals surface area (Å²) in [5.74, 6) is 0.441. The van der Waals surface area contributed by atoms with Crippen LogP contribution < -0.4 is 5.32 Å². The van der Waals surface area contributed by atoms with Gasteiger partial charge in [0.1, 0.15) is 0 Å². The fraction of sp³-hybridized carbons (Fsp3) is 0.529. The Balaban J connectivity index is 1.45. The molecular weight excluding hydrogens is 292 g/mol. The van der Waals surface area contributed by atoms with E-state index in [1.165, 1.54) is 5.56 Å². The molecule has 1 saturated carbocycles. The summed E-state index contributed by atoms with van der Waals surface area (Å²) < 4.78 is 0. The van der Waals surface area contributed by atoms with Crippen molar-refractivity contribution in [3.63, 3.8) is 0 Å². The third-order valence-corrected chi connectivity index (χ3v) is 4.55. The van der Waals surface area contributed by atoms with E-state index in [-0.39, 0.29) is 18.1 Å². The van der Waals surface area contributed by atoms with Gasteiger partial charge >= 0.3 is 12.1 Å². The first kappa shape index (κ1) is 15.6. The molecule has 1 aromatic carbocycles. The Morgan fingerprint density at radius 3 is 2.26 bits per heavy atom. The van der Waals surface area contributed by atoms with Crippen molar-refractivity contribution in [1.29, 1.82) is 0 Å². The fourth-order valence-corrected chi connectivity index (χ4v) is 3.06. The van der Waals surface area contributed by atoms with Crippen LogP contribution in [0.5, 0.6) is 0 Å². The molecule has 124 valence electrons. The highest BCUT2D eigenvalue weighted by molar-refractivity contribution is 5.77. The first-order chi connectivity index (χ1) is 11.1. The summed E-state index contributed by atoms with van der Waals surface area (Å²) >= 11 is 0. The minimum absolute atomic E-state index is 0.00890. The normalized spacial score (nSPS) is 23.4. The maximum Gasteiger partial charge on any atom is 0.319 e. The van der Waals surface area contributed by atoms with Crippen LogP contribution in [0.2, 0.25) is 0 Å². The van der Waals surface area contributed by atoms with Crippen molar-refractivity contribution in [2.75, 3.05) is 40.3 Å². The van der Waals surface area contributed by atoms with Crippen LogP contribution in [0.3, 0.4) is 0 Å². The molecule has 1 N–H and O–H groups in total. The number of urea groups is 2. The minimum atomic E-state index is -0.00890. The number of carbonyl (C=O) groups is 2. The van der Waals surface area contributed by atoms with Crippen molar-refractivity contribution in [2.24, 2.45) is 0 Å². The Bertz CT molecular complexity index is 567. The lowest BCUT2D eigenvalue weighted by Crippen LogP contribution is -2.55. The van der Waals surface area contributed by atoms with Crippen LogP contribution in [0.1, 0.15) is 17.9 Å². The molecular formula is C17H24N4O2. The number of nitrogens with zero attached hydrogens (tertiary/aromatic N) is 3. The molecule has 1 heterocycles. The molecule has 1 saturated heterocycles. The zero-order valence-corrected chi connectivity index (χ0v) is 13.7. The van der Waals surface area contributed by atoms with Crippen LogP contribution in [0, 0.1) is 0 Å². The molecule has 2 atom stereocenters. The van der Waals surface area contributed by atoms with Gasteiger partial charge in [0.25, 0.3) is 0 Å². The van der Waals surface area contributed by atoms with E-state index in [4.69, 9.17) is 0 Å². The number of hydrogen-bond donors (Lipinski definition) is 1. The van der Waals surface area contributed by atoms with Gasteiger partial charge in [-0.2, -0.15) is 0 Å². The van der Waals surface area contributed by atoms with E-state index in [9.17, 15) is 9.59 Å². The number of piperazine rings is 1. The molecule has 0 bridgehead atoms. The van der Waals surface area contributed by atoms with Crippen LogP contribution in [0.15, 0.2) is 30.3 Å². The Morgan fingerprint density at radius 1 is 1.04 bits per heavy atom. The highest BCUT2D eigenvalue weighted by Crippen LogP contribution is 2.40. The van der Waals surface area contributed by atoms with Crippen LogP contribution in [0.4, 0.5) is 9.59 Å². The molecule has 1 aliphatic carbocycles. The van der Waals surface area contributed by atoms with E-state index >= 15 is 0 Å². The predicted molar refractivity (Wildman–Crippen MR) is 88.3 cm³/mol. The van der Waals surface area contributed by atoms with E-state index in [0.29, 0.717) is 32.1 Å². The molecule has 0 radical (unpaired) electrons. The average Bonchev–Trinajstić information content (AvgIpc) is 3.34. The smallest absolute Gasteiger partial charge is 0.319 e. The zero-order chi connectivity index (χ0) is 16.4. The molecule has 3 rings (SSSR count). The molecule has 2 aliphatic rings. The van der Waals surface area contributed by atoms with Crippen LogP contribution in [-0.4, -0.2) is 73.1 Å². The number of rotatable bonds is 2. The maximum atomic E-state index is 12.3. The number of hydrogen-bond acceptors (Lipinski definition) is 2. The first-order valence-corrected chi connectivity index (χ1v) is 8.13. The highest BCUT2D eigenvalue weighted by atomic mass is 16.2. The number of carbonyl (C=O) groups excluding carboxylic acids is 2. The van der Waals surface area contributed by atoms with Gasteiger partial charge in [-0.05, 0) is 12.0 Å². The molecule has 1 aliphatic heterocycles. The van der Waals surface area contributed by atoms with Gasteiger partial charge in [-0.1, -0.05) is 30.3 Å². The topological polar surface area (TPSA) is 55.9 Å². The first-order valence-electron chi connectivity index (χ1n) is 8.13. The van der Waals surface area contributed by atoms with Crippen LogP contribution in [-0.2, 0) is 0 Å². The maximum absolute atomic E-state index is 12.3. The third kappa shape index (κ3) is 3.57. The van der Waals surface area contributed by atoms with Crippen molar-refractivity contribution in [3.8, 4) is 0 Å². The fourth-order valence-electron chi connectivity index (χ4n) is 3.06. The monoisotopic (exact) mass is 316 g/mol.